The summed E-state index contributed by atoms with van der Waals surface area (Å²) < 4.78 is 0. The molecule has 11 heavy (non-hydrogen) atoms. The summed E-state index contributed by atoms with van der Waals surface area (Å²) in [4.78, 5) is 0. The molecule has 0 spiro atoms. The van der Waals surface area contributed by atoms with E-state index in [9.17, 15) is 0 Å². The molecule has 0 heterocycles. The lowest BCUT2D eigenvalue weighted by Gasteiger charge is -2.00. The monoisotopic (exact) mass is 152 g/mol. The van der Waals surface area contributed by atoms with Crippen LogP contribution in [0.3, 0.4) is 0 Å². The van der Waals surface area contributed by atoms with E-state index < -0.39 is 0 Å². The predicted octanol–water partition coefficient (Wildman–Crippen LogP) is 4.09. The highest BCUT2D eigenvalue weighted by Gasteiger charge is 1.89. The molecule has 0 unspecified atom stereocenters. The van der Waals surface area contributed by atoms with Crippen molar-refractivity contribution in [2.24, 2.45) is 0 Å². The van der Waals surface area contributed by atoms with Gasteiger partial charge in [-0.2, -0.15) is 0 Å². The Kier molecular flexibility index (Phi) is 4.93. The van der Waals surface area contributed by atoms with Crippen LogP contribution < -0.4 is 0 Å². The van der Waals surface area contributed by atoms with Gasteiger partial charge in [0, 0.05) is 0 Å². The van der Waals surface area contributed by atoms with E-state index in [1.165, 1.54) is 29.6 Å². The molecule has 0 aliphatic rings. The summed E-state index contributed by atoms with van der Waals surface area (Å²) in [5.74, 6) is 0. The first-order valence-corrected chi connectivity index (χ1v) is 4.30. The highest BCUT2D eigenvalue weighted by atomic mass is 14.0. The van der Waals surface area contributed by atoms with Gasteiger partial charge in [0.25, 0.3) is 0 Å². The van der Waals surface area contributed by atoms with Crippen LogP contribution in [-0.4, -0.2) is 0 Å². The number of hydrogen-bond acceptors (Lipinski definition) is 0. The maximum absolute atomic E-state index is 2.30. The summed E-state index contributed by atoms with van der Waals surface area (Å²) in [5.41, 5.74) is 4.42. The smallest absolute Gasteiger partial charge is 0.0286 e. The van der Waals surface area contributed by atoms with Gasteiger partial charge >= 0.3 is 0 Å². The van der Waals surface area contributed by atoms with Crippen molar-refractivity contribution in [1.82, 2.24) is 0 Å². The molecule has 0 bridgehead atoms. The largest absolute Gasteiger partial charge is 0.0856 e. The minimum atomic E-state index is 1.19. The second-order valence-corrected chi connectivity index (χ2v) is 3.60. The van der Waals surface area contributed by atoms with E-state index in [-0.39, 0.29) is 0 Å². The maximum atomic E-state index is 2.30. The third-order valence-corrected chi connectivity index (χ3v) is 1.93. The second-order valence-electron chi connectivity index (χ2n) is 3.60. The maximum Gasteiger partial charge on any atom is -0.0286 e. The highest BCUT2D eigenvalue weighted by molar-refractivity contribution is 5.08. The quantitative estimate of drug-likeness (QED) is 0.534. The van der Waals surface area contributed by atoms with Gasteiger partial charge in [0.15, 0.2) is 0 Å². The first-order chi connectivity index (χ1) is 5.04. The highest BCUT2D eigenvalue weighted by Crippen LogP contribution is 2.10. The Morgan fingerprint density at radius 2 is 1.55 bits per heavy atom. The molecule has 0 heteroatoms. The van der Waals surface area contributed by atoms with Gasteiger partial charge in [0.1, 0.15) is 0 Å². The van der Waals surface area contributed by atoms with E-state index in [1.54, 1.807) is 0 Å². The molecule has 0 amide bonds. The zero-order valence-electron chi connectivity index (χ0n) is 8.49. The molecule has 0 saturated carbocycles. The minimum Gasteiger partial charge on any atom is -0.0856 e. The van der Waals surface area contributed by atoms with Gasteiger partial charge in [-0.3, -0.25) is 0 Å². The minimum absolute atomic E-state index is 1.19. The SMILES string of the molecule is CC(C)=CCCC(C)=C(C)C. The van der Waals surface area contributed by atoms with Crippen LogP contribution in [0.5, 0.6) is 0 Å². The van der Waals surface area contributed by atoms with Crippen molar-refractivity contribution in [3.8, 4) is 0 Å². The zero-order chi connectivity index (χ0) is 8.85. The van der Waals surface area contributed by atoms with Crippen molar-refractivity contribution in [1.29, 1.82) is 0 Å². The van der Waals surface area contributed by atoms with Gasteiger partial charge in [-0.15, -0.1) is 0 Å². The fourth-order valence-electron chi connectivity index (χ4n) is 0.827. The summed E-state index contributed by atoms with van der Waals surface area (Å²) >= 11 is 0. The molecule has 0 radical (unpaired) electrons. The second kappa shape index (κ2) is 5.17. The van der Waals surface area contributed by atoms with Gasteiger partial charge < -0.3 is 0 Å². The van der Waals surface area contributed by atoms with Crippen LogP contribution in [0.1, 0.15) is 47.5 Å². The van der Waals surface area contributed by atoms with Crippen LogP contribution in [-0.2, 0) is 0 Å². The van der Waals surface area contributed by atoms with Crippen molar-refractivity contribution < 1.29 is 0 Å². The third kappa shape index (κ3) is 5.90. The van der Waals surface area contributed by atoms with Gasteiger partial charge in [0.05, 0.1) is 0 Å². The summed E-state index contributed by atoms with van der Waals surface area (Å²) in [6, 6.07) is 0. The zero-order valence-corrected chi connectivity index (χ0v) is 8.49. The van der Waals surface area contributed by atoms with Crippen LogP contribution >= 0.6 is 0 Å². The summed E-state index contributed by atoms with van der Waals surface area (Å²) in [5, 5.41) is 0. The van der Waals surface area contributed by atoms with Crippen LogP contribution in [0.4, 0.5) is 0 Å². The summed E-state index contributed by atoms with van der Waals surface area (Å²) in [6.07, 6.45) is 4.71. The standard InChI is InChI=1S/C11H20/c1-9(2)7-6-8-11(5)10(3)4/h7H,6,8H2,1-5H3. The first kappa shape index (κ1) is 10.5. The molecule has 0 aliphatic heterocycles. The van der Waals surface area contributed by atoms with Crippen molar-refractivity contribution in [2.75, 3.05) is 0 Å². The van der Waals surface area contributed by atoms with Crippen LogP contribution in [0.15, 0.2) is 22.8 Å². The molecule has 0 atom stereocenters. The Morgan fingerprint density at radius 1 is 1.00 bits per heavy atom. The lowest BCUT2D eigenvalue weighted by molar-refractivity contribution is 0.945. The van der Waals surface area contributed by atoms with Gasteiger partial charge in [0.2, 0.25) is 0 Å². The van der Waals surface area contributed by atoms with E-state index in [1.807, 2.05) is 0 Å². The Hall–Kier alpha value is -0.520. The Labute approximate surface area is 71.0 Å². The van der Waals surface area contributed by atoms with E-state index >= 15 is 0 Å². The molecular weight excluding hydrogens is 132 g/mol. The molecule has 0 fully saturated rings. The molecule has 0 aromatic carbocycles. The van der Waals surface area contributed by atoms with Crippen molar-refractivity contribution >= 4 is 0 Å². The van der Waals surface area contributed by atoms with Gasteiger partial charge in [-0.1, -0.05) is 22.8 Å². The summed E-state index contributed by atoms with van der Waals surface area (Å²) in [6.45, 7) is 10.9. The molecule has 0 aromatic rings. The molecular formula is C11H20. The van der Waals surface area contributed by atoms with E-state index in [4.69, 9.17) is 0 Å². The van der Waals surface area contributed by atoms with Gasteiger partial charge in [-0.05, 0) is 47.5 Å². The van der Waals surface area contributed by atoms with E-state index in [0.717, 1.165) is 0 Å². The lowest BCUT2D eigenvalue weighted by atomic mass is 10.1. The van der Waals surface area contributed by atoms with E-state index in [2.05, 4.69) is 40.7 Å². The number of rotatable bonds is 3. The van der Waals surface area contributed by atoms with Crippen LogP contribution in [0.2, 0.25) is 0 Å². The normalized spacial score (nSPS) is 9.18. The Morgan fingerprint density at radius 3 is 1.91 bits per heavy atom. The lowest BCUT2D eigenvalue weighted by Crippen LogP contribution is -1.79. The van der Waals surface area contributed by atoms with Crippen LogP contribution in [0, 0.1) is 0 Å². The third-order valence-electron chi connectivity index (χ3n) is 1.93. The molecule has 64 valence electrons. The molecule has 0 nitrogen and oxygen atoms in total. The number of allylic oxidation sites excluding steroid dienone is 4. The fourth-order valence-corrected chi connectivity index (χ4v) is 0.827. The molecule has 0 N–H and O–H groups in total. The van der Waals surface area contributed by atoms with E-state index in [0.29, 0.717) is 0 Å². The Balaban J connectivity index is 3.73. The molecule has 0 aromatic heterocycles. The summed E-state index contributed by atoms with van der Waals surface area (Å²) in [7, 11) is 0. The Bertz CT molecular complexity index is 162. The first-order valence-electron chi connectivity index (χ1n) is 4.30. The van der Waals surface area contributed by atoms with Crippen molar-refractivity contribution in [3.05, 3.63) is 22.8 Å². The van der Waals surface area contributed by atoms with Crippen LogP contribution in [0.25, 0.3) is 0 Å². The average molecular weight is 152 g/mol. The van der Waals surface area contributed by atoms with Crippen molar-refractivity contribution in [3.63, 3.8) is 0 Å². The topological polar surface area (TPSA) is 0 Å². The van der Waals surface area contributed by atoms with Gasteiger partial charge in [-0.25, -0.2) is 0 Å². The molecule has 0 saturated heterocycles. The fraction of sp³-hybridized carbons (Fsp3) is 0.636. The van der Waals surface area contributed by atoms with Crippen molar-refractivity contribution in [2.45, 2.75) is 47.5 Å². The predicted molar refractivity (Wildman–Crippen MR) is 52.7 cm³/mol. The average Bonchev–Trinajstić information content (AvgIpc) is 1.86. The number of hydrogen-bond donors (Lipinski definition) is 0. The molecule has 0 rings (SSSR count). The molecule has 0 aliphatic carbocycles.